The van der Waals surface area contributed by atoms with Gasteiger partial charge in [0.15, 0.2) is 0 Å². The van der Waals surface area contributed by atoms with Crippen LogP contribution in [0.3, 0.4) is 0 Å². The number of carboxylic acid groups (broad SMARTS) is 1. The summed E-state index contributed by atoms with van der Waals surface area (Å²) >= 11 is 0. The van der Waals surface area contributed by atoms with E-state index in [1.165, 1.54) is 25.7 Å². The van der Waals surface area contributed by atoms with Crippen LogP contribution in [0.4, 0.5) is 0 Å². The summed E-state index contributed by atoms with van der Waals surface area (Å²) in [5.74, 6) is 0.255. The largest absolute Gasteiger partial charge is 0.481 e. The van der Waals surface area contributed by atoms with E-state index in [-0.39, 0.29) is 0 Å². The normalized spacial score (nSPS) is 28.4. The minimum absolute atomic E-state index is 0.431. The number of carboxylic acids is 1. The molecule has 1 aliphatic carbocycles. The number of aliphatic carboxylic acids is 1. The summed E-state index contributed by atoms with van der Waals surface area (Å²) in [5.41, 5.74) is -0.431. The van der Waals surface area contributed by atoms with E-state index < -0.39 is 11.4 Å². The molecule has 2 aliphatic rings. The summed E-state index contributed by atoms with van der Waals surface area (Å²) in [6.45, 7) is 5.27. The van der Waals surface area contributed by atoms with Crippen LogP contribution in [0.25, 0.3) is 0 Å². The molecule has 1 saturated carbocycles. The molecule has 0 radical (unpaired) electrons. The van der Waals surface area contributed by atoms with Crippen LogP contribution in [0.2, 0.25) is 0 Å². The molecule has 0 bridgehead atoms. The smallest absolute Gasteiger partial charge is 0.310 e. The summed E-state index contributed by atoms with van der Waals surface area (Å²) in [7, 11) is 0. The Hall–Kier alpha value is -0.570. The van der Waals surface area contributed by atoms with E-state index in [4.69, 9.17) is 0 Å². The van der Waals surface area contributed by atoms with Crippen LogP contribution in [0.1, 0.15) is 58.3 Å². The van der Waals surface area contributed by atoms with Crippen molar-refractivity contribution in [1.29, 1.82) is 0 Å². The van der Waals surface area contributed by atoms with Gasteiger partial charge in [0.05, 0.1) is 5.41 Å². The third-order valence-electron chi connectivity index (χ3n) is 4.86. The first-order chi connectivity index (χ1) is 8.66. The van der Waals surface area contributed by atoms with Gasteiger partial charge in [0.1, 0.15) is 0 Å². The van der Waals surface area contributed by atoms with E-state index in [9.17, 15) is 9.90 Å². The maximum Gasteiger partial charge on any atom is 0.310 e. The lowest BCUT2D eigenvalue weighted by atomic mass is 9.73. The molecular weight excluding hydrogens is 226 g/mol. The van der Waals surface area contributed by atoms with Crippen LogP contribution in [0.15, 0.2) is 0 Å². The molecule has 0 aromatic carbocycles. The molecule has 2 fully saturated rings. The fourth-order valence-corrected chi connectivity index (χ4v) is 3.80. The lowest BCUT2D eigenvalue weighted by molar-refractivity contribution is -0.152. The Morgan fingerprint density at radius 3 is 2.67 bits per heavy atom. The average Bonchev–Trinajstić information content (AvgIpc) is 2.78. The van der Waals surface area contributed by atoms with Gasteiger partial charge in [0.25, 0.3) is 0 Å². The lowest BCUT2D eigenvalue weighted by Gasteiger charge is -2.36. The van der Waals surface area contributed by atoms with Crippen molar-refractivity contribution in [1.82, 2.24) is 4.90 Å². The standard InChI is InChI=1S/C15H27NO2/c1-2-6-13-7-10-16(11-13)12-15(14(17)18)8-4-3-5-9-15/h13H,2-12H2,1H3,(H,17,18). The molecule has 1 atom stereocenters. The van der Waals surface area contributed by atoms with Crippen molar-refractivity contribution in [2.75, 3.05) is 19.6 Å². The first-order valence-electron chi connectivity index (χ1n) is 7.62. The number of likely N-dealkylation sites (tertiary alicyclic amines) is 1. The van der Waals surface area contributed by atoms with Crippen LogP contribution in [-0.4, -0.2) is 35.6 Å². The number of nitrogens with zero attached hydrogens (tertiary/aromatic N) is 1. The van der Waals surface area contributed by atoms with Crippen molar-refractivity contribution in [2.24, 2.45) is 11.3 Å². The van der Waals surface area contributed by atoms with Gasteiger partial charge < -0.3 is 10.0 Å². The molecule has 1 N–H and O–H groups in total. The average molecular weight is 253 g/mol. The maximum absolute atomic E-state index is 11.6. The summed E-state index contributed by atoms with van der Waals surface area (Å²) in [6, 6.07) is 0. The summed E-state index contributed by atoms with van der Waals surface area (Å²) < 4.78 is 0. The Morgan fingerprint density at radius 2 is 2.06 bits per heavy atom. The molecule has 18 heavy (non-hydrogen) atoms. The zero-order chi connectivity index (χ0) is 13.0. The highest BCUT2D eigenvalue weighted by Crippen LogP contribution is 2.38. The summed E-state index contributed by atoms with van der Waals surface area (Å²) in [6.07, 6.45) is 9.00. The lowest BCUT2D eigenvalue weighted by Crippen LogP contribution is -2.43. The second-order valence-electron chi connectivity index (χ2n) is 6.32. The van der Waals surface area contributed by atoms with Crippen LogP contribution < -0.4 is 0 Å². The Bertz CT molecular complexity index is 284. The first kappa shape index (κ1) is 13.9. The van der Waals surface area contributed by atoms with Gasteiger partial charge in [-0.3, -0.25) is 4.79 Å². The molecule has 1 saturated heterocycles. The predicted molar refractivity (Wildman–Crippen MR) is 72.6 cm³/mol. The fraction of sp³-hybridized carbons (Fsp3) is 0.933. The molecule has 1 unspecified atom stereocenters. The van der Waals surface area contributed by atoms with Gasteiger partial charge in [-0.05, 0) is 38.1 Å². The third-order valence-corrected chi connectivity index (χ3v) is 4.86. The molecule has 3 nitrogen and oxygen atoms in total. The van der Waals surface area contributed by atoms with Gasteiger partial charge in [0, 0.05) is 13.1 Å². The first-order valence-corrected chi connectivity index (χ1v) is 7.62. The van der Waals surface area contributed by atoms with E-state index in [0.29, 0.717) is 0 Å². The predicted octanol–water partition coefficient (Wildman–Crippen LogP) is 3.14. The Labute approximate surface area is 111 Å². The highest BCUT2D eigenvalue weighted by Gasteiger charge is 2.42. The highest BCUT2D eigenvalue weighted by molar-refractivity contribution is 5.75. The van der Waals surface area contributed by atoms with Crippen molar-refractivity contribution < 1.29 is 9.90 Å². The number of hydrogen-bond acceptors (Lipinski definition) is 2. The fourth-order valence-electron chi connectivity index (χ4n) is 3.80. The zero-order valence-electron chi connectivity index (χ0n) is 11.7. The number of hydrogen-bond donors (Lipinski definition) is 1. The van der Waals surface area contributed by atoms with Gasteiger partial charge >= 0.3 is 5.97 Å². The monoisotopic (exact) mass is 253 g/mol. The van der Waals surface area contributed by atoms with Crippen LogP contribution in [-0.2, 0) is 4.79 Å². The van der Waals surface area contributed by atoms with E-state index >= 15 is 0 Å². The number of rotatable bonds is 5. The van der Waals surface area contributed by atoms with Crippen molar-refractivity contribution in [3.8, 4) is 0 Å². The molecular formula is C15H27NO2. The molecule has 0 spiro atoms. The molecule has 1 aliphatic heterocycles. The Balaban J connectivity index is 1.92. The zero-order valence-corrected chi connectivity index (χ0v) is 11.7. The Kier molecular flexibility index (Phi) is 4.66. The maximum atomic E-state index is 11.6. The molecule has 3 heteroatoms. The van der Waals surface area contributed by atoms with Gasteiger partial charge in [-0.25, -0.2) is 0 Å². The van der Waals surface area contributed by atoms with Crippen molar-refractivity contribution in [3.05, 3.63) is 0 Å². The van der Waals surface area contributed by atoms with Gasteiger partial charge in [-0.2, -0.15) is 0 Å². The summed E-state index contributed by atoms with van der Waals surface area (Å²) in [5, 5.41) is 9.59. The van der Waals surface area contributed by atoms with E-state index in [2.05, 4.69) is 11.8 Å². The van der Waals surface area contributed by atoms with E-state index in [1.807, 2.05) is 0 Å². The van der Waals surface area contributed by atoms with E-state index in [0.717, 1.165) is 51.2 Å². The molecule has 1 heterocycles. The summed E-state index contributed by atoms with van der Waals surface area (Å²) in [4.78, 5) is 14.1. The topological polar surface area (TPSA) is 40.5 Å². The van der Waals surface area contributed by atoms with Gasteiger partial charge in [-0.1, -0.05) is 32.6 Å². The van der Waals surface area contributed by atoms with Crippen molar-refractivity contribution >= 4 is 5.97 Å². The minimum Gasteiger partial charge on any atom is -0.481 e. The van der Waals surface area contributed by atoms with Crippen LogP contribution in [0.5, 0.6) is 0 Å². The van der Waals surface area contributed by atoms with Gasteiger partial charge in [0.2, 0.25) is 0 Å². The van der Waals surface area contributed by atoms with Crippen LogP contribution in [0, 0.1) is 11.3 Å². The van der Waals surface area contributed by atoms with Gasteiger partial charge in [-0.15, -0.1) is 0 Å². The molecule has 0 aromatic rings. The quantitative estimate of drug-likeness (QED) is 0.818. The third kappa shape index (κ3) is 3.05. The van der Waals surface area contributed by atoms with Crippen LogP contribution >= 0.6 is 0 Å². The molecule has 0 amide bonds. The van der Waals surface area contributed by atoms with Crippen molar-refractivity contribution in [2.45, 2.75) is 58.3 Å². The second kappa shape index (κ2) is 6.05. The van der Waals surface area contributed by atoms with Crippen molar-refractivity contribution in [3.63, 3.8) is 0 Å². The highest BCUT2D eigenvalue weighted by atomic mass is 16.4. The number of carbonyl (C=O) groups is 1. The SMILES string of the molecule is CCCC1CCN(CC2(C(=O)O)CCCCC2)C1. The van der Waals surface area contributed by atoms with E-state index in [1.54, 1.807) is 0 Å². The molecule has 2 rings (SSSR count). The minimum atomic E-state index is -0.554. The molecule has 0 aromatic heterocycles. The molecule has 104 valence electrons. The second-order valence-corrected chi connectivity index (χ2v) is 6.32. The Morgan fingerprint density at radius 1 is 1.33 bits per heavy atom.